The summed E-state index contributed by atoms with van der Waals surface area (Å²) in [6, 6.07) is 15.4. The summed E-state index contributed by atoms with van der Waals surface area (Å²) in [4.78, 5) is 17.4. The van der Waals surface area contributed by atoms with E-state index in [1.165, 1.54) is 11.3 Å². The Morgan fingerprint density at radius 1 is 1.17 bits per heavy atom. The molecule has 2 heterocycles. The van der Waals surface area contributed by atoms with Gasteiger partial charge in [0.05, 0.1) is 12.8 Å². The zero-order valence-electron chi connectivity index (χ0n) is 16.1. The average Bonchev–Trinajstić information content (AvgIpc) is 3.32. The number of carbonyl (C=O) groups is 1. The van der Waals surface area contributed by atoms with Crippen molar-refractivity contribution in [3.63, 3.8) is 0 Å². The number of nitrogens with one attached hydrogen (secondary N) is 1. The second-order valence-corrected chi connectivity index (χ2v) is 7.11. The fraction of sp³-hybridized carbons (Fsp3) is 0.190. The van der Waals surface area contributed by atoms with Crippen LogP contribution < -0.4 is 14.8 Å². The molecule has 0 saturated heterocycles. The minimum atomic E-state index is -0.305. The van der Waals surface area contributed by atoms with Gasteiger partial charge in [0, 0.05) is 10.9 Å². The molecule has 4 rings (SSSR count). The van der Waals surface area contributed by atoms with Gasteiger partial charge < -0.3 is 9.47 Å². The van der Waals surface area contributed by atoms with Crippen LogP contribution in [0.15, 0.2) is 53.9 Å². The van der Waals surface area contributed by atoms with Crippen molar-refractivity contribution in [3.8, 4) is 22.8 Å². The summed E-state index contributed by atoms with van der Waals surface area (Å²) >= 11 is 1.46. The summed E-state index contributed by atoms with van der Waals surface area (Å²) < 4.78 is 12.6. The molecule has 0 radical (unpaired) electrons. The molecule has 4 aromatic rings. The number of aryl methyl sites for hydroxylation is 1. The van der Waals surface area contributed by atoms with Gasteiger partial charge in [-0.05, 0) is 42.3 Å². The Morgan fingerprint density at radius 3 is 2.72 bits per heavy atom. The fourth-order valence-corrected chi connectivity index (χ4v) is 3.77. The van der Waals surface area contributed by atoms with Crippen LogP contribution in [0.5, 0.6) is 11.5 Å². The number of fused-ring (bicyclic) bond motifs is 1. The van der Waals surface area contributed by atoms with Crippen molar-refractivity contribution in [3.05, 3.63) is 59.5 Å². The molecule has 0 bridgehead atoms. The Hall–Kier alpha value is -3.39. The van der Waals surface area contributed by atoms with Gasteiger partial charge in [0.2, 0.25) is 4.96 Å². The third-order valence-corrected chi connectivity index (χ3v) is 5.25. The van der Waals surface area contributed by atoms with Crippen molar-refractivity contribution in [2.75, 3.05) is 19.0 Å². The number of nitrogens with zero attached hydrogens (tertiary/aromatic N) is 3. The van der Waals surface area contributed by atoms with E-state index in [2.05, 4.69) is 15.4 Å². The molecule has 2 aromatic heterocycles. The lowest BCUT2D eigenvalue weighted by molar-refractivity contribution is -0.118. The second-order valence-electron chi connectivity index (χ2n) is 6.28. The van der Waals surface area contributed by atoms with Crippen LogP contribution in [-0.4, -0.2) is 34.2 Å². The van der Waals surface area contributed by atoms with Crippen LogP contribution in [0.2, 0.25) is 0 Å². The van der Waals surface area contributed by atoms with E-state index >= 15 is 0 Å². The molecule has 1 N–H and O–H groups in total. The molecule has 2 aromatic carbocycles. The molecule has 0 aliphatic carbocycles. The summed E-state index contributed by atoms with van der Waals surface area (Å²) in [5.74, 6) is 1.45. The maximum atomic E-state index is 12.3. The number of hydrogen-bond acceptors (Lipinski definition) is 6. The van der Waals surface area contributed by atoms with E-state index < -0.39 is 0 Å². The highest BCUT2D eigenvalue weighted by molar-refractivity contribution is 7.15. The minimum absolute atomic E-state index is 0.102. The maximum absolute atomic E-state index is 12.3. The lowest BCUT2D eigenvalue weighted by Crippen LogP contribution is -2.21. The summed E-state index contributed by atoms with van der Waals surface area (Å²) in [6.45, 7) is 1.94. The van der Waals surface area contributed by atoms with E-state index in [-0.39, 0.29) is 18.5 Å². The smallest absolute Gasteiger partial charge is 0.264 e. The number of rotatable bonds is 7. The van der Waals surface area contributed by atoms with E-state index in [1.54, 1.807) is 11.6 Å². The quantitative estimate of drug-likeness (QED) is 0.499. The first-order valence-electron chi connectivity index (χ1n) is 9.17. The average molecular weight is 408 g/mol. The lowest BCUT2D eigenvalue weighted by Gasteiger charge is -2.09. The predicted octanol–water partition coefficient (Wildman–Crippen LogP) is 4.05. The Balaban J connectivity index is 1.46. The molecule has 0 atom stereocenters. The van der Waals surface area contributed by atoms with Crippen molar-refractivity contribution in [2.24, 2.45) is 0 Å². The molecule has 8 heteroatoms. The molecule has 29 heavy (non-hydrogen) atoms. The van der Waals surface area contributed by atoms with Crippen molar-refractivity contribution < 1.29 is 14.3 Å². The van der Waals surface area contributed by atoms with Crippen molar-refractivity contribution in [2.45, 2.75) is 13.3 Å². The minimum Gasteiger partial charge on any atom is -0.497 e. The van der Waals surface area contributed by atoms with Crippen LogP contribution in [0.1, 0.15) is 12.5 Å². The topological polar surface area (TPSA) is 77.8 Å². The molecule has 0 saturated carbocycles. The van der Waals surface area contributed by atoms with E-state index in [0.717, 1.165) is 29.0 Å². The normalized spacial score (nSPS) is 10.8. The second kappa shape index (κ2) is 8.32. The first-order valence-corrected chi connectivity index (χ1v) is 10.0. The Labute approximate surface area is 171 Å². The highest BCUT2D eigenvalue weighted by Crippen LogP contribution is 2.27. The van der Waals surface area contributed by atoms with Crippen LogP contribution in [0.3, 0.4) is 0 Å². The van der Waals surface area contributed by atoms with Crippen LogP contribution in [-0.2, 0) is 11.2 Å². The number of methoxy groups -OCH3 is 1. The largest absolute Gasteiger partial charge is 0.497 e. The summed E-state index contributed by atoms with van der Waals surface area (Å²) in [6.07, 6.45) is 0.838. The van der Waals surface area contributed by atoms with Gasteiger partial charge in [-0.1, -0.05) is 25.1 Å². The number of amides is 1. The Morgan fingerprint density at radius 2 is 1.97 bits per heavy atom. The van der Waals surface area contributed by atoms with E-state index in [4.69, 9.17) is 9.47 Å². The maximum Gasteiger partial charge on any atom is 0.264 e. The standard InChI is InChI=1S/C21H20N4O3S/c1-3-14-6-4-5-7-18(14)28-12-19(26)22-20-23-21-25(24-20)17(13-29-21)15-8-10-16(27-2)11-9-15/h4-11,13H,3,12H2,1-2H3,(H,22,24,26). The van der Waals surface area contributed by atoms with Gasteiger partial charge in [0.25, 0.3) is 11.9 Å². The van der Waals surface area contributed by atoms with Gasteiger partial charge in [-0.25, -0.2) is 4.52 Å². The van der Waals surface area contributed by atoms with Gasteiger partial charge in [0.15, 0.2) is 6.61 Å². The van der Waals surface area contributed by atoms with Crippen LogP contribution in [0.4, 0.5) is 5.95 Å². The summed E-state index contributed by atoms with van der Waals surface area (Å²) in [5.41, 5.74) is 2.94. The van der Waals surface area contributed by atoms with Gasteiger partial charge in [0.1, 0.15) is 11.5 Å². The number of anilines is 1. The van der Waals surface area contributed by atoms with Crippen molar-refractivity contribution >= 4 is 28.2 Å². The third-order valence-electron chi connectivity index (χ3n) is 4.43. The Kier molecular flexibility index (Phi) is 5.44. The monoisotopic (exact) mass is 408 g/mol. The summed E-state index contributed by atoms with van der Waals surface area (Å²) in [5, 5.41) is 9.10. The van der Waals surface area contributed by atoms with Gasteiger partial charge >= 0.3 is 0 Å². The van der Waals surface area contributed by atoms with Crippen LogP contribution in [0, 0.1) is 0 Å². The molecule has 7 nitrogen and oxygen atoms in total. The molecule has 0 spiro atoms. The number of thiazole rings is 1. The molecule has 1 amide bonds. The lowest BCUT2D eigenvalue weighted by atomic mass is 10.1. The zero-order chi connectivity index (χ0) is 20.2. The van der Waals surface area contributed by atoms with Crippen LogP contribution >= 0.6 is 11.3 Å². The third kappa shape index (κ3) is 4.07. The molecular weight excluding hydrogens is 388 g/mol. The zero-order valence-corrected chi connectivity index (χ0v) is 16.9. The van der Waals surface area contributed by atoms with Gasteiger partial charge in [-0.2, -0.15) is 4.98 Å². The van der Waals surface area contributed by atoms with E-state index in [9.17, 15) is 4.79 Å². The number of benzene rings is 2. The number of hydrogen-bond donors (Lipinski definition) is 1. The highest BCUT2D eigenvalue weighted by Gasteiger charge is 2.14. The van der Waals surface area contributed by atoms with E-state index in [0.29, 0.717) is 10.7 Å². The summed E-state index contributed by atoms with van der Waals surface area (Å²) in [7, 11) is 1.63. The molecule has 0 fully saturated rings. The van der Waals surface area contributed by atoms with Gasteiger partial charge in [-0.3, -0.25) is 10.1 Å². The number of carbonyl (C=O) groups excluding carboxylic acids is 1. The highest BCUT2D eigenvalue weighted by atomic mass is 32.1. The molecule has 148 valence electrons. The van der Waals surface area contributed by atoms with Gasteiger partial charge in [-0.15, -0.1) is 16.4 Å². The van der Waals surface area contributed by atoms with Crippen molar-refractivity contribution in [1.82, 2.24) is 14.6 Å². The Bertz CT molecular complexity index is 1130. The number of ether oxygens (including phenoxy) is 2. The van der Waals surface area contributed by atoms with Crippen LogP contribution in [0.25, 0.3) is 16.2 Å². The SMILES string of the molecule is CCc1ccccc1OCC(=O)Nc1nc2scc(-c3ccc(OC)cc3)n2n1. The first-order chi connectivity index (χ1) is 14.2. The molecule has 0 aliphatic heterocycles. The van der Waals surface area contributed by atoms with E-state index in [1.807, 2.05) is 60.8 Å². The first kappa shape index (κ1) is 18.9. The molecular formula is C21H20N4O3S. The number of aromatic nitrogens is 3. The predicted molar refractivity (Wildman–Crippen MR) is 113 cm³/mol. The fourth-order valence-electron chi connectivity index (χ4n) is 2.94. The molecule has 0 aliphatic rings. The molecule has 0 unspecified atom stereocenters. The number of para-hydroxylation sites is 1. The van der Waals surface area contributed by atoms with Crippen molar-refractivity contribution in [1.29, 1.82) is 0 Å².